The normalized spacial score (nSPS) is 33.1. The van der Waals surface area contributed by atoms with E-state index in [-0.39, 0.29) is 36.2 Å². The fourth-order valence-corrected chi connectivity index (χ4v) is 4.48. The van der Waals surface area contributed by atoms with Crippen LogP contribution in [0.15, 0.2) is 54.6 Å². The summed E-state index contributed by atoms with van der Waals surface area (Å²) in [5.41, 5.74) is 0.369. The molecular weight excluding hydrogens is 330 g/mol. The highest BCUT2D eigenvalue weighted by Crippen LogP contribution is 2.55. The van der Waals surface area contributed by atoms with Crippen LogP contribution in [0, 0.1) is 23.7 Å². The van der Waals surface area contributed by atoms with Crippen LogP contribution in [0.1, 0.15) is 18.9 Å². The third kappa shape index (κ3) is 2.81. The Balaban J connectivity index is 1.46. The molecule has 1 aromatic rings. The quantitative estimate of drug-likeness (QED) is 0.652. The number of fused-ring (bicyclic) bond motifs is 1. The number of hydrogen-bond acceptors (Lipinski definition) is 4. The zero-order chi connectivity index (χ0) is 18.1. The maximum Gasteiger partial charge on any atom is 0.408 e. The van der Waals surface area contributed by atoms with E-state index in [0.717, 1.165) is 5.56 Å². The number of nitrogens with one attached hydrogen (secondary N) is 1. The highest BCUT2D eigenvalue weighted by atomic mass is 16.5. The first-order chi connectivity index (χ1) is 12.6. The first-order valence-corrected chi connectivity index (χ1v) is 9.16. The van der Waals surface area contributed by atoms with E-state index in [4.69, 9.17) is 9.47 Å². The molecule has 1 fully saturated rings. The molecule has 0 spiro atoms. The fourth-order valence-electron chi connectivity index (χ4n) is 4.48. The number of esters is 1. The van der Waals surface area contributed by atoms with Gasteiger partial charge in [0.2, 0.25) is 0 Å². The number of amides is 1. The average molecular weight is 353 g/mol. The Morgan fingerprint density at radius 2 is 1.92 bits per heavy atom. The molecule has 1 amide bonds. The van der Waals surface area contributed by atoms with Gasteiger partial charge in [-0.3, -0.25) is 4.79 Å². The van der Waals surface area contributed by atoms with Crippen molar-refractivity contribution in [3.05, 3.63) is 60.2 Å². The van der Waals surface area contributed by atoms with E-state index in [1.165, 1.54) is 0 Å². The summed E-state index contributed by atoms with van der Waals surface area (Å²) in [5.74, 6) is 0.253. The molecule has 5 rings (SSSR count). The molecule has 4 aliphatic carbocycles. The molecule has 0 radical (unpaired) electrons. The molecule has 0 saturated heterocycles. The standard InChI is InChI=1S/C21H23NO4/c1-2-25-19(23)17-12-21(11-10-15(17)16-8-9-18(16)21)22-20(24)26-13-14-6-4-3-5-7-14/h3-11,15-18H,2,12-13H2,1H3,(H,22,24). The lowest BCUT2D eigenvalue weighted by Crippen LogP contribution is -2.64. The summed E-state index contributed by atoms with van der Waals surface area (Å²) in [7, 11) is 0. The molecule has 0 aliphatic heterocycles. The van der Waals surface area contributed by atoms with Crippen LogP contribution in [0.3, 0.4) is 0 Å². The lowest BCUT2D eigenvalue weighted by atomic mass is 9.50. The Morgan fingerprint density at radius 1 is 1.12 bits per heavy atom. The van der Waals surface area contributed by atoms with Crippen LogP contribution in [-0.2, 0) is 20.9 Å². The van der Waals surface area contributed by atoms with Crippen molar-refractivity contribution in [2.45, 2.75) is 25.5 Å². The fraction of sp³-hybridized carbons (Fsp3) is 0.429. The van der Waals surface area contributed by atoms with Gasteiger partial charge in [-0.15, -0.1) is 0 Å². The van der Waals surface area contributed by atoms with Gasteiger partial charge >= 0.3 is 12.1 Å². The maximum absolute atomic E-state index is 12.4. The smallest absolute Gasteiger partial charge is 0.408 e. The Hall–Kier alpha value is -2.56. The van der Waals surface area contributed by atoms with E-state index in [2.05, 4.69) is 23.5 Å². The minimum atomic E-state index is -0.570. The van der Waals surface area contributed by atoms with E-state index in [0.29, 0.717) is 13.0 Å². The van der Waals surface area contributed by atoms with E-state index >= 15 is 0 Å². The molecule has 4 aliphatic rings. The van der Waals surface area contributed by atoms with Crippen molar-refractivity contribution in [3.63, 3.8) is 0 Å². The predicted molar refractivity (Wildman–Crippen MR) is 96.0 cm³/mol. The van der Waals surface area contributed by atoms with Gasteiger partial charge in [-0.2, -0.15) is 0 Å². The van der Waals surface area contributed by atoms with Gasteiger partial charge in [0.1, 0.15) is 6.61 Å². The molecule has 5 heteroatoms. The molecule has 1 saturated carbocycles. The summed E-state index contributed by atoms with van der Waals surface area (Å²) in [6.07, 6.45) is 8.46. The van der Waals surface area contributed by atoms with Gasteiger partial charge in [-0.05, 0) is 30.7 Å². The van der Waals surface area contributed by atoms with Gasteiger partial charge in [0, 0.05) is 5.92 Å². The first-order valence-electron chi connectivity index (χ1n) is 9.16. The predicted octanol–water partition coefficient (Wildman–Crippen LogP) is 3.22. The number of carbonyl (C=O) groups is 2. The topological polar surface area (TPSA) is 64.6 Å². The van der Waals surface area contributed by atoms with Crippen molar-refractivity contribution in [1.82, 2.24) is 5.32 Å². The second kappa shape index (κ2) is 6.63. The molecule has 5 unspecified atom stereocenters. The minimum absolute atomic E-state index is 0.160. The second-order valence-electron chi connectivity index (χ2n) is 7.21. The second-order valence-corrected chi connectivity index (χ2v) is 7.21. The SMILES string of the molecule is CCOC(=O)C1CC2(NC(=O)OCc3ccccc3)C=CC1C1C=CC12. The van der Waals surface area contributed by atoms with Crippen LogP contribution in [0.25, 0.3) is 0 Å². The highest BCUT2D eigenvalue weighted by molar-refractivity contribution is 5.76. The third-order valence-corrected chi connectivity index (χ3v) is 5.77. The Kier molecular flexibility index (Phi) is 4.31. The Labute approximate surface area is 153 Å². The number of ether oxygens (including phenoxy) is 2. The van der Waals surface area contributed by atoms with Gasteiger partial charge in [-0.1, -0.05) is 54.6 Å². The molecule has 26 heavy (non-hydrogen) atoms. The largest absolute Gasteiger partial charge is 0.466 e. The van der Waals surface area contributed by atoms with Crippen molar-refractivity contribution in [3.8, 4) is 0 Å². The van der Waals surface area contributed by atoms with Gasteiger partial charge in [0.05, 0.1) is 18.1 Å². The van der Waals surface area contributed by atoms with E-state index in [1.807, 2.05) is 43.3 Å². The van der Waals surface area contributed by atoms with Crippen LogP contribution in [0.4, 0.5) is 4.79 Å². The number of alkyl carbamates (subject to hydrolysis) is 1. The van der Waals surface area contributed by atoms with Crippen molar-refractivity contribution >= 4 is 12.1 Å². The summed E-state index contributed by atoms with van der Waals surface area (Å²) in [6, 6.07) is 9.58. The number of allylic oxidation sites excluding steroid dienone is 2. The molecule has 2 bridgehead atoms. The number of rotatable bonds is 5. The molecule has 5 nitrogen and oxygen atoms in total. The van der Waals surface area contributed by atoms with Crippen molar-refractivity contribution in [2.24, 2.45) is 23.7 Å². The lowest BCUT2D eigenvalue weighted by molar-refractivity contribution is -0.154. The molecule has 136 valence electrons. The van der Waals surface area contributed by atoms with E-state index in [1.54, 1.807) is 0 Å². The van der Waals surface area contributed by atoms with Gasteiger partial charge in [-0.25, -0.2) is 4.79 Å². The third-order valence-electron chi connectivity index (χ3n) is 5.77. The number of hydrogen-bond donors (Lipinski definition) is 1. The van der Waals surface area contributed by atoms with Crippen LogP contribution >= 0.6 is 0 Å². The molecule has 1 N–H and O–H groups in total. The summed E-state index contributed by atoms with van der Waals surface area (Å²) in [6.45, 7) is 2.41. The molecule has 1 aromatic carbocycles. The van der Waals surface area contributed by atoms with Crippen LogP contribution in [0.5, 0.6) is 0 Å². The molecule has 0 aromatic heterocycles. The summed E-state index contributed by atoms with van der Waals surface area (Å²) < 4.78 is 10.7. The molecule has 5 atom stereocenters. The van der Waals surface area contributed by atoms with Gasteiger partial charge in [0.25, 0.3) is 0 Å². The molecular formula is C21H23NO4. The van der Waals surface area contributed by atoms with E-state index in [9.17, 15) is 9.59 Å². The Bertz CT molecular complexity index is 757. The van der Waals surface area contributed by atoms with Gasteiger partial charge < -0.3 is 14.8 Å². The monoisotopic (exact) mass is 353 g/mol. The number of carbonyl (C=O) groups excluding carboxylic acids is 2. The number of benzene rings is 1. The Morgan fingerprint density at radius 3 is 2.62 bits per heavy atom. The van der Waals surface area contributed by atoms with Crippen LogP contribution < -0.4 is 5.32 Å². The van der Waals surface area contributed by atoms with Gasteiger partial charge in [0.15, 0.2) is 0 Å². The average Bonchev–Trinajstić information content (AvgIpc) is 2.61. The van der Waals surface area contributed by atoms with Crippen molar-refractivity contribution < 1.29 is 19.1 Å². The van der Waals surface area contributed by atoms with Crippen molar-refractivity contribution in [1.29, 1.82) is 0 Å². The van der Waals surface area contributed by atoms with E-state index < -0.39 is 11.6 Å². The zero-order valence-electron chi connectivity index (χ0n) is 14.8. The first kappa shape index (κ1) is 16.9. The maximum atomic E-state index is 12.4. The van der Waals surface area contributed by atoms with Crippen LogP contribution in [-0.4, -0.2) is 24.2 Å². The highest BCUT2D eigenvalue weighted by Gasteiger charge is 2.58. The minimum Gasteiger partial charge on any atom is -0.466 e. The van der Waals surface area contributed by atoms with Crippen molar-refractivity contribution in [2.75, 3.05) is 6.61 Å². The summed E-state index contributed by atoms with van der Waals surface area (Å²) in [4.78, 5) is 24.8. The lowest BCUT2D eigenvalue weighted by Gasteiger charge is -2.57. The molecule has 0 heterocycles. The zero-order valence-corrected chi connectivity index (χ0v) is 14.8. The van der Waals surface area contributed by atoms with Crippen LogP contribution in [0.2, 0.25) is 0 Å². The summed E-state index contributed by atoms with van der Waals surface area (Å²) >= 11 is 0. The summed E-state index contributed by atoms with van der Waals surface area (Å²) in [5, 5.41) is 3.04.